The second-order valence-electron chi connectivity index (χ2n) is 9.03. The molecular weight excluding hydrogens is 394 g/mol. The Hall–Kier alpha value is -1.47. The number of ether oxygens (including phenoxy) is 2. The molecular formula is C24H35N3O2S. The Morgan fingerprint density at radius 1 is 1.07 bits per heavy atom. The molecule has 2 aliphatic rings. The lowest BCUT2D eigenvalue weighted by Crippen LogP contribution is -2.48. The molecule has 2 unspecified atom stereocenters. The Morgan fingerprint density at radius 3 is 2.47 bits per heavy atom. The average Bonchev–Trinajstić information content (AvgIpc) is 3.16. The van der Waals surface area contributed by atoms with Crippen molar-refractivity contribution < 1.29 is 9.47 Å². The number of nitrogens with zero attached hydrogens (tertiary/aromatic N) is 3. The van der Waals surface area contributed by atoms with Crippen LogP contribution in [0.4, 0.5) is 0 Å². The molecule has 4 rings (SSSR count). The van der Waals surface area contributed by atoms with Gasteiger partial charge < -0.3 is 9.47 Å². The lowest BCUT2D eigenvalue weighted by Gasteiger charge is -2.39. The third-order valence-electron chi connectivity index (χ3n) is 6.09. The van der Waals surface area contributed by atoms with Crippen LogP contribution in [0.25, 0.3) is 0 Å². The van der Waals surface area contributed by atoms with E-state index in [1.807, 2.05) is 12.1 Å². The molecule has 0 spiro atoms. The van der Waals surface area contributed by atoms with Crippen molar-refractivity contribution in [1.82, 2.24) is 14.8 Å². The number of likely N-dealkylation sites (tertiary alicyclic amines) is 1. The molecule has 6 heteroatoms. The van der Waals surface area contributed by atoms with Crippen molar-refractivity contribution in [2.45, 2.75) is 59.0 Å². The second-order valence-corrected chi connectivity index (χ2v) is 9.97. The smallest absolute Gasteiger partial charge is 0.140 e. The average molecular weight is 430 g/mol. The lowest BCUT2D eigenvalue weighted by molar-refractivity contribution is -0.0732. The van der Waals surface area contributed by atoms with Crippen molar-refractivity contribution in [3.63, 3.8) is 0 Å². The van der Waals surface area contributed by atoms with Crippen molar-refractivity contribution in [1.29, 1.82) is 0 Å². The highest BCUT2D eigenvalue weighted by atomic mass is 32.1. The minimum atomic E-state index is 0.364. The number of aryl methyl sites for hydroxylation is 1. The maximum atomic E-state index is 5.87. The van der Waals surface area contributed by atoms with Gasteiger partial charge in [0.1, 0.15) is 17.4 Å². The van der Waals surface area contributed by atoms with E-state index in [9.17, 15) is 0 Å². The van der Waals surface area contributed by atoms with E-state index in [0.717, 1.165) is 36.3 Å². The van der Waals surface area contributed by atoms with E-state index in [2.05, 4.69) is 48.1 Å². The molecule has 1 aromatic heterocycles. The molecule has 0 N–H and O–H groups in total. The number of thiazole rings is 1. The molecule has 0 amide bonds. The zero-order chi connectivity index (χ0) is 20.9. The number of rotatable bonds is 7. The number of morpholine rings is 1. The Morgan fingerprint density at radius 2 is 1.77 bits per heavy atom. The second kappa shape index (κ2) is 10.2. The van der Waals surface area contributed by atoms with E-state index >= 15 is 0 Å². The van der Waals surface area contributed by atoms with E-state index in [1.165, 1.54) is 43.7 Å². The third kappa shape index (κ3) is 6.27. The fourth-order valence-electron chi connectivity index (χ4n) is 4.62. The highest BCUT2D eigenvalue weighted by molar-refractivity contribution is 7.09. The molecule has 0 bridgehead atoms. The first kappa shape index (κ1) is 21.8. The van der Waals surface area contributed by atoms with Gasteiger partial charge in [-0.15, -0.1) is 11.3 Å². The van der Waals surface area contributed by atoms with E-state index < -0.39 is 0 Å². The zero-order valence-electron chi connectivity index (χ0n) is 18.5. The summed E-state index contributed by atoms with van der Waals surface area (Å²) in [6, 6.07) is 8.19. The Balaban J connectivity index is 1.18. The number of hydrogen-bond donors (Lipinski definition) is 0. The summed E-state index contributed by atoms with van der Waals surface area (Å²) in [5, 5.41) is 3.24. The first-order chi connectivity index (χ1) is 14.5. The molecule has 1 aromatic carbocycles. The zero-order valence-corrected chi connectivity index (χ0v) is 19.4. The number of benzene rings is 1. The maximum absolute atomic E-state index is 5.87. The van der Waals surface area contributed by atoms with Crippen LogP contribution in [0.2, 0.25) is 0 Å². The molecule has 0 radical (unpaired) electrons. The summed E-state index contributed by atoms with van der Waals surface area (Å²) in [5.41, 5.74) is 2.42. The molecule has 0 saturated carbocycles. The van der Waals surface area contributed by atoms with Gasteiger partial charge in [-0.25, -0.2) is 4.98 Å². The Bertz CT molecular complexity index is 776. The fraction of sp³-hybridized carbons (Fsp3) is 0.625. The van der Waals surface area contributed by atoms with Crippen molar-refractivity contribution >= 4 is 11.3 Å². The van der Waals surface area contributed by atoms with E-state index in [1.54, 1.807) is 11.3 Å². The van der Waals surface area contributed by atoms with E-state index in [-0.39, 0.29) is 0 Å². The lowest BCUT2D eigenvalue weighted by atomic mass is 9.95. The van der Waals surface area contributed by atoms with Crippen LogP contribution >= 0.6 is 11.3 Å². The van der Waals surface area contributed by atoms with Gasteiger partial charge in [0.2, 0.25) is 0 Å². The summed E-state index contributed by atoms with van der Waals surface area (Å²) < 4.78 is 11.7. The third-order valence-corrected chi connectivity index (χ3v) is 6.96. The minimum absolute atomic E-state index is 0.364. The molecule has 5 nitrogen and oxygen atoms in total. The van der Waals surface area contributed by atoms with Crippen LogP contribution in [0.1, 0.15) is 43.0 Å². The van der Waals surface area contributed by atoms with Crippen LogP contribution in [-0.2, 0) is 17.9 Å². The summed E-state index contributed by atoms with van der Waals surface area (Å²) in [6.45, 7) is 13.7. The summed E-state index contributed by atoms with van der Waals surface area (Å²) in [5.74, 6) is 1.72. The molecule has 2 saturated heterocycles. The minimum Gasteiger partial charge on any atom is -0.486 e. The Labute approximate surface area is 185 Å². The fourth-order valence-corrected chi connectivity index (χ4v) is 5.32. The topological polar surface area (TPSA) is 37.8 Å². The molecule has 3 heterocycles. The van der Waals surface area contributed by atoms with Gasteiger partial charge in [0, 0.05) is 31.6 Å². The molecule has 164 valence electrons. The van der Waals surface area contributed by atoms with Gasteiger partial charge in [0.05, 0.1) is 17.9 Å². The highest BCUT2D eigenvalue weighted by Gasteiger charge is 2.26. The monoisotopic (exact) mass is 429 g/mol. The van der Waals surface area contributed by atoms with Gasteiger partial charge in [0.25, 0.3) is 0 Å². The predicted molar refractivity (Wildman–Crippen MR) is 122 cm³/mol. The van der Waals surface area contributed by atoms with Gasteiger partial charge in [-0.1, -0.05) is 17.7 Å². The van der Waals surface area contributed by atoms with Crippen LogP contribution in [0.3, 0.4) is 0 Å². The van der Waals surface area contributed by atoms with Gasteiger partial charge in [0.15, 0.2) is 0 Å². The molecule has 2 atom stereocenters. The number of piperidine rings is 1. The predicted octanol–water partition coefficient (Wildman–Crippen LogP) is 4.35. The number of hydrogen-bond acceptors (Lipinski definition) is 6. The molecule has 2 fully saturated rings. The first-order valence-corrected chi connectivity index (χ1v) is 12.1. The Kier molecular flexibility index (Phi) is 7.41. The van der Waals surface area contributed by atoms with Crippen molar-refractivity contribution in [3.05, 3.63) is 45.9 Å². The molecule has 2 aromatic rings. The van der Waals surface area contributed by atoms with Crippen molar-refractivity contribution in [2.75, 3.05) is 32.7 Å². The quantitative estimate of drug-likeness (QED) is 0.654. The normalized spacial score (nSPS) is 24.2. The largest absolute Gasteiger partial charge is 0.486 e. The molecule has 30 heavy (non-hydrogen) atoms. The van der Waals surface area contributed by atoms with Crippen LogP contribution in [0.5, 0.6) is 5.75 Å². The van der Waals surface area contributed by atoms with Crippen LogP contribution in [-0.4, -0.2) is 59.7 Å². The summed E-state index contributed by atoms with van der Waals surface area (Å²) in [4.78, 5) is 9.96. The summed E-state index contributed by atoms with van der Waals surface area (Å²) >= 11 is 1.70. The van der Waals surface area contributed by atoms with Crippen LogP contribution in [0, 0.1) is 12.8 Å². The van der Waals surface area contributed by atoms with Crippen LogP contribution in [0.15, 0.2) is 29.6 Å². The van der Waals surface area contributed by atoms with Gasteiger partial charge in [-0.2, -0.15) is 0 Å². The number of aromatic nitrogens is 1. The van der Waals surface area contributed by atoms with Crippen molar-refractivity contribution in [3.8, 4) is 5.75 Å². The van der Waals surface area contributed by atoms with E-state index in [4.69, 9.17) is 14.5 Å². The van der Waals surface area contributed by atoms with Gasteiger partial charge in [-0.05, 0) is 64.8 Å². The molecule has 2 aliphatic heterocycles. The van der Waals surface area contributed by atoms with E-state index in [0.29, 0.717) is 18.8 Å². The first-order valence-electron chi connectivity index (χ1n) is 11.3. The summed E-state index contributed by atoms with van der Waals surface area (Å²) in [7, 11) is 0. The van der Waals surface area contributed by atoms with Gasteiger partial charge >= 0.3 is 0 Å². The summed E-state index contributed by atoms with van der Waals surface area (Å²) in [6.07, 6.45) is 3.30. The SMILES string of the molecule is Cc1ccc(OCc2nc(CN3CCC(CN4CC(C)OC(C)C4)CC3)cs2)cc1. The van der Waals surface area contributed by atoms with Crippen molar-refractivity contribution in [2.24, 2.45) is 5.92 Å². The molecule has 0 aliphatic carbocycles. The standard InChI is InChI=1S/C24H35N3O2S/c1-18-4-6-23(7-5-18)28-16-24-25-22(17-30-24)15-26-10-8-21(9-11-26)14-27-12-19(2)29-20(3)13-27/h4-7,17,19-21H,8-16H2,1-3H3. The van der Waals surface area contributed by atoms with Crippen LogP contribution < -0.4 is 4.74 Å². The highest BCUT2D eigenvalue weighted by Crippen LogP contribution is 2.23. The van der Waals surface area contributed by atoms with Gasteiger partial charge in [-0.3, -0.25) is 9.80 Å². The maximum Gasteiger partial charge on any atom is 0.140 e.